The molecule has 5 heteroatoms. The van der Waals surface area contributed by atoms with Gasteiger partial charge in [-0.3, -0.25) is 0 Å². The van der Waals surface area contributed by atoms with Crippen LogP contribution >= 0.6 is 0 Å². The first kappa shape index (κ1) is 13.5. The van der Waals surface area contributed by atoms with Crippen molar-refractivity contribution in [2.45, 2.75) is 12.6 Å². The highest BCUT2D eigenvalue weighted by Crippen LogP contribution is 2.10. The van der Waals surface area contributed by atoms with Crippen molar-refractivity contribution in [1.82, 2.24) is 15.3 Å². The van der Waals surface area contributed by atoms with E-state index >= 15 is 0 Å². The summed E-state index contributed by atoms with van der Waals surface area (Å²) in [6.07, 6.45) is 3.03. The number of aliphatic hydroxyl groups excluding tert-OH is 1. The summed E-state index contributed by atoms with van der Waals surface area (Å²) in [6, 6.07) is 9.60. The molecule has 0 amide bonds. The van der Waals surface area contributed by atoms with Crippen molar-refractivity contribution in [2.24, 2.45) is 0 Å². The van der Waals surface area contributed by atoms with E-state index in [1.807, 2.05) is 30.3 Å². The van der Waals surface area contributed by atoms with Crippen LogP contribution in [0.1, 0.15) is 17.2 Å². The van der Waals surface area contributed by atoms with Gasteiger partial charge in [-0.2, -0.15) is 0 Å². The maximum absolute atomic E-state index is 9.98. The second-order valence-electron chi connectivity index (χ2n) is 4.22. The minimum Gasteiger partial charge on any atom is -0.387 e. The van der Waals surface area contributed by atoms with Gasteiger partial charge in [0.2, 0.25) is 5.95 Å². The Kier molecular flexibility index (Phi) is 4.83. The van der Waals surface area contributed by atoms with Gasteiger partial charge in [0.05, 0.1) is 6.10 Å². The SMILES string of the molecule is CNc1ncc(CNCC(O)c2ccccc2)cn1. The molecule has 1 unspecified atom stereocenters. The number of hydrogen-bond donors (Lipinski definition) is 3. The van der Waals surface area contributed by atoms with Crippen LogP contribution in [-0.2, 0) is 6.54 Å². The van der Waals surface area contributed by atoms with Gasteiger partial charge in [-0.15, -0.1) is 0 Å². The summed E-state index contributed by atoms with van der Waals surface area (Å²) in [6.45, 7) is 1.13. The molecular formula is C14H18N4O. The lowest BCUT2D eigenvalue weighted by molar-refractivity contribution is 0.174. The summed E-state index contributed by atoms with van der Waals surface area (Å²) in [5, 5.41) is 16.0. The maximum Gasteiger partial charge on any atom is 0.222 e. The minimum atomic E-state index is -0.501. The van der Waals surface area contributed by atoms with Gasteiger partial charge >= 0.3 is 0 Å². The zero-order valence-electron chi connectivity index (χ0n) is 10.9. The molecule has 2 rings (SSSR count). The second kappa shape index (κ2) is 6.82. The normalized spacial score (nSPS) is 12.1. The average molecular weight is 258 g/mol. The summed E-state index contributed by atoms with van der Waals surface area (Å²) < 4.78 is 0. The lowest BCUT2D eigenvalue weighted by Crippen LogP contribution is -2.21. The van der Waals surface area contributed by atoms with E-state index in [-0.39, 0.29) is 0 Å². The van der Waals surface area contributed by atoms with Crippen molar-refractivity contribution in [3.8, 4) is 0 Å². The Labute approximate surface area is 112 Å². The van der Waals surface area contributed by atoms with Gasteiger partial charge in [0.15, 0.2) is 0 Å². The standard InChI is InChI=1S/C14H18N4O/c1-15-14-17-8-11(9-18-14)7-16-10-13(19)12-5-3-2-4-6-12/h2-6,8-9,13,16,19H,7,10H2,1H3,(H,15,17,18). The zero-order valence-corrected chi connectivity index (χ0v) is 10.9. The van der Waals surface area contributed by atoms with Crippen LogP contribution in [0.5, 0.6) is 0 Å². The molecule has 19 heavy (non-hydrogen) atoms. The molecule has 0 aliphatic rings. The number of hydrogen-bond acceptors (Lipinski definition) is 5. The molecule has 3 N–H and O–H groups in total. The van der Waals surface area contributed by atoms with E-state index < -0.39 is 6.10 Å². The quantitative estimate of drug-likeness (QED) is 0.729. The van der Waals surface area contributed by atoms with Crippen molar-refractivity contribution < 1.29 is 5.11 Å². The van der Waals surface area contributed by atoms with Crippen LogP contribution < -0.4 is 10.6 Å². The molecule has 0 saturated carbocycles. The largest absolute Gasteiger partial charge is 0.387 e. The molecular weight excluding hydrogens is 240 g/mol. The van der Waals surface area contributed by atoms with Gasteiger partial charge in [-0.25, -0.2) is 9.97 Å². The highest BCUT2D eigenvalue weighted by molar-refractivity contribution is 5.23. The van der Waals surface area contributed by atoms with E-state index in [0.29, 0.717) is 19.0 Å². The fourth-order valence-corrected chi connectivity index (χ4v) is 1.72. The minimum absolute atomic E-state index is 0.498. The van der Waals surface area contributed by atoms with Crippen LogP contribution in [0.3, 0.4) is 0 Å². The molecule has 0 aliphatic carbocycles. The molecule has 100 valence electrons. The first-order valence-corrected chi connectivity index (χ1v) is 6.22. The summed E-state index contributed by atoms with van der Waals surface area (Å²) in [5.41, 5.74) is 1.90. The van der Waals surface area contributed by atoms with Crippen molar-refractivity contribution in [3.63, 3.8) is 0 Å². The third kappa shape index (κ3) is 4.01. The molecule has 0 radical (unpaired) electrons. The summed E-state index contributed by atoms with van der Waals surface area (Å²) >= 11 is 0. The Bertz CT molecular complexity index is 487. The first-order chi connectivity index (χ1) is 9.29. The fourth-order valence-electron chi connectivity index (χ4n) is 1.72. The second-order valence-corrected chi connectivity index (χ2v) is 4.22. The van der Waals surface area contributed by atoms with Gasteiger partial charge in [-0.05, 0) is 5.56 Å². The van der Waals surface area contributed by atoms with E-state index in [9.17, 15) is 5.11 Å². The van der Waals surface area contributed by atoms with Crippen LogP contribution in [0.2, 0.25) is 0 Å². The number of aromatic nitrogens is 2. The van der Waals surface area contributed by atoms with Gasteiger partial charge in [0.1, 0.15) is 0 Å². The molecule has 5 nitrogen and oxygen atoms in total. The third-order valence-corrected chi connectivity index (χ3v) is 2.78. The molecule has 2 aromatic rings. The molecule has 1 atom stereocenters. The molecule has 0 saturated heterocycles. The average Bonchev–Trinajstić information content (AvgIpc) is 2.49. The first-order valence-electron chi connectivity index (χ1n) is 6.22. The lowest BCUT2D eigenvalue weighted by Gasteiger charge is -2.12. The third-order valence-electron chi connectivity index (χ3n) is 2.78. The molecule has 1 aromatic carbocycles. The molecule has 1 heterocycles. The molecule has 0 fully saturated rings. The van der Waals surface area contributed by atoms with Crippen LogP contribution in [0.25, 0.3) is 0 Å². The molecule has 0 spiro atoms. The lowest BCUT2D eigenvalue weighted by atomic mass is 10.1. The Morgan fingerprint density at radius 1 is 1.16 bits per heavy atom. The van der Waals surface area contributed by atoms with E-state index in [4.69, 9.17) is 0 Å². The monoisotopic (exact) mass is 258 g/mol. The van der Waals surface area contributed by atoms with Crippen LogP contribution in [-0.4, -0.2) is 28.7 Å². The number of nitrogens with one attached hydrogen (secondary N) is 2. The highest BCUT2D eigenvalue weighted by Gasteiger charge is 2.05. The van der Waals surface area contributed by atoms with Gasteiger partial charge in [-0.1, -0.05) is 30.3 Å². The summed E-state index contributed by atoms with van der Waals surface area (Å²) in [5.74, 6) is 0.605. The predicted octanol–water partition coefficient (Wildman–Crippen LogP) is 1.34. The van der Waals surface area contributed by atoms with Crippen molar-refractivity contribution in [1.29, 1.82) is 0 Å². The van der Waals surface area contributed by atoms with Crippen LogP contribution in [0.4, 0.5) is 5.95 Å². The van der Waals surface area contributed by atoms with Gasteiger partial charge in [0, 0.05) is 38.1 Å². The topological polar surface area (TPSA) is 70.1 Å². The van der Waals surface area contributed by atoms with E-state index in [1.54, 1.807) is 19.4 Å². The number of nitrogens with zero attached hydrogens (tertiary/aromatic N) is 2. The van der Waals surface area contributed by atoms with Crippen LogP contribution in [0, 0.1) is 0 Å². The number of benzene rings is 1. The molecule has 0 aliphatic heterocycles. The number of rotatable bonds is 6. The van der Waals surface area contributed by atoms with Crippen molar-refractivity contribution in [2.75, 3.05) is 18.9 Å². The Morgan fingerprint density at radius 3 is 2.47 bits per heavy atom. The fraction of sp³-hybridized carbons (Fsp3) is 0.286. The molecule has 0 bridgehead atoms. The summed E-state index contributed by atoms with van der Waals surface area (Å²) in [7, 11) is 1.78. The molecule has 1 aromatic heterocycles. The Morgan fingerprint density at radius 2 is 1.84 bits per heavy atom. The van der Waals surface area contributed by atoms with E-state index in [2.05, 4.69) is 20.6 Å². The van der Waals surface area contributed by atoms with E-state index in [0.717, 1.165) is 11.1 Å². The smallest absolute Gasteiger partial charge is 0.222 e. The van der Waals surface area contributed by atoms with Crippen molar-refractivity contribution in [3.05, 3.63) is 53.9 Å². The van der Waals surface area contributed by atoms with Gasteiger partial charge in [0.25, 0.3) is 0 Å². The number of aliphatic hydroxyl groups is 1. The zero-order chi connectivity index (χ0) is 13.5. The predicted molar refractivity (Wildman–Crippen MR) is 74.7 cm³/mol. The Hall–Kier alpha value is -1.98. The maximum atomic E-state index is 9.98. The van der Waals surface area contributed by atoms with E-state index in [1.165, 1.54) is 0 Å². The summed E-state index contributed by atoms with van der Waals surface area (Å²) in [4.78, 5) is 8.26. The number of anilines is 1. The van der Waals surface area contributed by atoms with Crippen molar-refractivity contribution >= 4 is 5.95 Å². The van der Waals surface area contributed by atoms with Gasteiger partial charge < -0.3 is 15.7 Å². The van der Waals surface area contributed by atoms with Crippen LogP contribution in [0.15, 0.2) is 42.7 Å². The highest BCUT2D eigenvalue weighted by atomic mass is 16.3. The Balaban J connectivity index is 1.79.